The van der Waals surface area contributed by atoms with Gasteiger partial charge in [-0.2, -0.15) is 0 Å². The van der Waals surface area contributed by atoms with Gasteiger partial charge in [0.25, 0.3) is 0 Å². The Morgan fingerprint density at radius 1 is 1.35 bits per heavy atom. The van der Waals surface area contributed by atoms with Crippen LogP contribution in [0.15, 0.2) is 18.2 Å². The lowest BCUT2D eigenvalue weighted by atomic mass is 10.1. The maximum absolute atomic E-state index is 12.9. The highest BCUT2D eigenvalue weighted by molar-refractivity contribution is 5.75. The van der Waals surface area contributed by atoms with Crippen molar-refractivity contribution < 1.29 is 9.18 Å². The summed E-state index contributed by atoms with van der Waals surface area (Å²) in [6.45, 7) is 3.37. The number of hydrogen-bond acceptors (Lipinski definition) is 2. The first-order valence-corrected chi connectivity index (χ1v) is 5.80. The first-order valence-electron chi connectivity index (χ1n) is 5.80. The molecule has 94 valence electrons. The molecule has 1 aromatic rings. The molecule has 4 heteroatoms. The normalized spacial score (nSPS) is 10.3. The summed E-state index contributed by atoms with van der Waals surface area (Å²) in [7, 11) is 1.63. The van der Waals surface area contributed by atoms with Crippen LogP contribution in [0.4, 0.5) is 4.39 Å². The van der Waals surface area contributed by atoms with Gasteiger partial charge in [-0.25, -0.2) is 4.39 Å². The second-order valence-corrected chi connectivity index (χ2v) is 3.99. The van der Waals surface area contributed by atoms with Crippen molar-refractivity contribution in [2.45, 2.75) is 19.8 Å². The van der Waals surface area contributed by atoms with Crippen LogP contribution in [0.2, 0.25) is 0 Å². The number of aryl methyl sites for hydroxylation is 1. The number of halogens is 1. The van der Waals surface area contributed by atoms with Gasteiger partial charge in [-0.3, -0.25) is 4.79 Å². The largest absolute Gasteiger partial charge is 0.359 e. The molecule has 1 amide bonds. The SMILES string of the molecule is CNC(=O)CCNCCc1ccc(F)cc1C. The van der Waals surface area contributed by atoms with Crippen LogP contribution >= 0.6 is 0 Å². The van der Waals surface area contributed by atoms with E-state index in [1.54, 1.807) is 13.1 Å². The molecule has 0 unspecified atom stereocenters. The van der Waals surface area contributed by atoms with Crippen LogP contribution in [-0.2, 0) is 11.2 Å². The van der Waals surface area contributed by atoms with Gasteiger partial charge < -0.3 is 10.6 Å². The van der Waals surface area contributed by atoms with Crippen molar-refractivity contribution in [3.63, 3.8) is 0 Å². The Hall–Kier alpha value is -1.42. The minimum absolute atomic E-state index is 0.0375. The number of carbonyl (C=O) groups excluding carboxylic acids is 1. The van der Waals surface area contributed by atoms with Crippen molar-refractivity contribution in [1.29, 1.82) is 0 Å². The summed E-state index contributed by atoms with van der Waals surface area (Å²) in [5.74, 6) is -0.158. The predicted octanol–water partition coefficient (Wildman–Crippen LogP) is 1.40. The van der Waals surface area contributed by atoms with Crippen molar-refractivity contribution in [3.05, 3.63) is 35.1 Å². The number of hydrogen-bond donors (Lipinski definition) is 2. The molecule has 0 spiro atoms. The second-order valence-electron chi connectivity index (χ2n) is 3.99. The molecule has 2 N–H and O–H groups in total. The number of rotatable bonds is 6. The lowest BCUT2D eigenvalue weighted by Gasteiger charge is -2.07. The molecule has 0 atom stereocenters. The average molecular weight is 238 g/mol. The Bertz CT molecular complexity index is 380. The summed E-state index contributed by atoms with van der Waals surface area (Å²) in [4.78, 5) is 10.9. The molecule has 0 heterocycles. The highest BCUT2D eigenvalue weighted by Gasteiger charge is 2.00. The molecule has 3 nitrogen and oxygen atoms in total. The Morgan fingerprint density at radius 3 is 2.76 bits per heavy atom. The van der Waals surface area contributed by atoms with Crippen molar-refractivity contribution in [2.75, 3.05) is 20.1 Å². The highest BCUT2D eigenvalue weighted by Crippen LogP contribution is 2.10. The summed E-state index contributed by atoms with van der Waals surface area (Å²) >= 11 is 0. The van der Waals surface area contributed by atoms with Crippen molar-refractivity contribution in [1.82, 2.24) is 10.6 Å². The maximum Gasteiger partial charge on any atom is 0.221 e. The lowest BCUT2D eigenvalue weighted by Crippen LogP contribution is -2.26. The van der Waals surface area contributed by atoms with Gasteiger partial charge in [-0.15, -0.1) is 0 Å². The van der Waals surface area contributed by atoms with Crippen LogP contribution in [0.1, 0.15) is 17.5 Å². The Labute approximate surface area is 101 Å². The van der Waals surface area contributed by atoms with E-state index in [0.29, 0.717) is 13.0 Å². The number of benzene rings is 1. The summed E-state index contributed by atoms with van der Waals surface area (Å²) in [5.41, 5.74) is 2.11. The molecule has 0 radical (unpaired) electrons. The predicted molar refractivity (Wildman–Crippen MR) is 66.4 cm³/mol. The first kappa shape index (κ1) is 13.6. The van der Waals surface area contributed by atoms with Gasteiger partial charge in [0.1, 0.15) is 5.82 Å². The van der Waals surface area contributed by atoms with E-state index in [2.05, 4.69) is 10.6 Å². The average Bonchev–Trinajstić information content (AvgIpc) is 2.30. The molecule has 0 bridgehead atoms. The smallest absolute Gasteiger partial charge is 0.221 e. The molecule has 1 aromatic carbocycles. The third kappa shape index (κ3) is 4.95. The minimum Gasteiger partial charge on any atom is -0.359 e. The first-order chi connectivity index (χ1) is 8.13. The topological polar surface area (TPSA) is 41.1 Å². The zero-order valence-corrected chi connectivity index (χ0v) is 10.3. The van der Waals surface area contributed by atoms with E-state index >= 15 is 0 Å². The van der Waals surface area contributed by atoms with Gasteiger partial charge in [-0.1, -0.05) is 6.07 Å². The monoisotopic (exact) mass is 238 g/mol. The standard InChI is InChI=1S/C13H19FN2O/c1-10-9-12(14)4-3-11(10)5-7-16-8-6-13(17)15-2/h3-4,9,16H,5-8H2,1-2H3,(H,15,17). The lowest BCUT2D eigenvalue weighted by molar-refractivity contribution is -0.120. The molecule has 0 saturated carbocycles. The fourth-order valence-corrected chi connectivity index (χ4v) is 1.61. The Kier molecular flexibility index (Phi) is 5.63. The highest BCUT2D eigenvalue weighted by atomic mass is 19.1. The van der Waals surface area contributed by atoms with Crippen LogP contribution in [0.5, 0.6) is 0 Å². The number of carbonyl (C=O) groups is 1. The van der Waals surface area contributed by atoms with Crippen LogP contribution in [0.3, 0.4) is 0 Å². The van der Waals surface area contributed by atoms with Gasteiger partial charge in [0, 0.05) is 20.0 Å². The van der Waals surface area contributed by atoms with E-state index in [-0.39, 0.29) is 11.7 Å². The van der Waals surface area contributed by atoms with Gasteiger partial charge >= 0.3 is 0 Å². The summed E-state index contributed by atoms with van der Waals surface area (Å²) in [6, 6.07) is 4.83. The van der Waals surface area contributed by atoms with E-state index in [0.717, 1.165) is 24.1 Å². The molecule has 0 aromatic heterocycles. The van der Waals surface area contributed by atoms with E-state index in [1.165, 1.54) is 6.07 Å². The van der Waals surface area contributed by atoms with Crippen LogP contribution in [0, 0.1) is 12.7 Å². The van der Waals surface area contributed by atoms with E-state index in [1.807, 2.05) is 13.0 Å². The molecular formula is C13H19FN2O. The van der Waals surface area contributed by atoms with Crippen molar-refractivity contribution >= 4 is 5.91 Å². The van der Waals surface area contributed by atoms with Crippen LogP contribution in [0.25, 0.3) is 0 Å². The molecule has 0 saturated heterocycles. The van der Waals surface area contributed by atoms with E-state index < -0.39 is 0 Å². The molecule has 0 aliphatic heterocycles. The minimum atomic E-state index is -0.196. The zero-order chi connectivity index (χ0) is 12.7. The number of amides is 1. The molecule has 0 aliphatic carbocycles. The van der Waals surface area contributed by atoms with Crippen LogP contribution in [-0.4, -0.2) is 26.0 Å². The fourth-order valence-electron chi connectivity index (χ4n) is 1.61. The van der Waals surface area contributed by atoms with Gasteiger partial charge in [0.05, 0.1) is 0 Å². The Morgan fingerprint density at radius 2 is 2.12 bits per heavy atom. The van der Waals surface area contributed by atoms with Crippen molar-refractivity contribution in [2.24, 2.45) is 0 Å². The molecule has 17 heavy (non-hydrogen) atoms. The van der Waals surface area contributed by atoms with Gasteiger partial charge in [0.2, 0.25) is 5.91 Å². The molecule has 0 aliphatic rings. The number of nitrogens with one attached hydrogen (secondary N) is 2. The summed E-state index contributed by atoms with van der Waals surface area (Å²) in [5, 5.41) is 5.75. The van der Waals surface area contributed by atoms with Gasteiger partial charge in [0.15, 0.2) is 0 Å². The van der Waals surface area contributed by atoms with Gasteiger partial charge in [-0.05, 0) is 43.1 Å². The van der Waals surface area contributed by atoms with E-state index in [4.69, 9.17) is 0 Å². The molecule has 0 fully saturated rings. The van der Waals surface area contributed by atoms with E-state index in [9.17, 15) is 9.18 Å². The summed E-state index contributed by atoms with van der Waals surface area (Å²) in [6.07, 6.45) is 1.33. The second kappa shape index (κ2) is 7.01. The maximum atomic E-state index is 12.9. The Balaban J connectivity index is 2.24. The molecular weight excluding hydrogens is 219 g/mol. The summed E-state index contributed by atoms with van der Waals surface area (Å²) < 4.78 is 12.9. The third-order valence-electron chi connectivity index (χ3n) is 2.68. The molecule has 1 rings (SSSR count). The zero-order valence-electron chi connectivity index (χ0n) is 10.3. The van der Waals surface area contributed by atoms with Crippen LogP contribution < -0.4 is 10.6 Å². The van der Waals surface area contributed by atoms with Crippen molar-refractivity contribution in [3.8, 4) is 0 Å². The fraction of sp³-hybridized carbons (Fsp3) is 0.462. The quantitative estimate of drug-likeness (QED) is 0.736. The third-order valence-corrected chi connectivity index (χ3v) is 2.68.